The molecule has 1 amide bonds. The molecule has 0 heterocycles. The van der Waals surface area contributed by atoms with Gasteiger partial charge in [0.05, 0.1) is 0 Å². The maximum absolute atomic E-state index is 12.2. The van der Waals surface area contributed by atoms with Crippen LogP contribution in [0.15, 0.2) is 0 Å². The second kappa shape index (κ2) is 6.21. The number of hydrogen-bond donors (Lipinski definition) is 2. The van der Waals surface area contributed by atoms with Crippen LogP contribution in [0.2, 0.25) is 0 Å². The summed E-state index contributed by atoms with van der Waals surface area (Å²) in [6.45, 7) is 6.13. The van der Waals surface area contributed by atoms with Gasteiger partial charge >= 0.3 is 5.97 Å². The molecular weight excluding hydrogens is 230 g/mol. The highest BCUT2D eigenvalue weighted by molar-refractivity contribution is 5.85. The lowest BCUT2D eigenvalue weighted by Gasteiger charge is -2.38. The minimum absolute atomic E-state index is 0.0163. The first kappa shape index (κ1) is 15.0. The van der Waals surface area contributed by atoms with Crippen LogP contribution in [0.4, 0.5) is 0 Å². The molecule has 4 heteroatoms. The number of aliphatic carboxylic acids is 1. The molecule has 2 atom stereocenters. The molecule has 1 fully saturated rings. The molecule has 1 saturated carbocycles. The number of hydrogen-bond acceptors (Lipinski definition) is 2. The number of carboxylic acid groups (broad SMARTS) is 1. The summed E-state index contributed by atoms with van der Waals surface area (Å²) in [6, 6.07) is -0.736. The van der Waals surface area contributed by atoms with E-state index in [1.807, 2.05) is 6.92 Å². The van der Waals surface area contributed by atoms with Crippen LogP contribution in [-0.4, -0.2) is 23.0 Å². The number of carbonyl (C=O) groups is 2. The van der Waals surface area contributed by atoms with Crippen molar-refractivity contribution >= 4 is 11.9 Å². The van der Waals surface area contributed by atoms with Gasteiger partial charge in [-0.25, -0.2) is 4.79 Å². The van der Waals surface area contributed by atoms with Gasteiger partial charge in [-0.05, 0) is 24.7 Å². The average molecular weight is 255 g/mol. The number of amides is 1. The van der Waals surface area contributed by atoms with Crippen molar-refractivity contribution in [3.05, 3.63) is 0 Å². The molecule has 1 unspecified atom stereocenters. The van der Waals surface area contributed by atoms with Gasteiger partial charge < -0.3 is 10.4 Å². The molecule has 1 aliphatic rings. The summed E-state index contributed by atoms with van der Waals surface area (Å²) < 4.78 is 0. The predicted octanol–water partition coefficient (Wildman–Crippen LogP) is 2.57. The van der Waals surface area contributed by atoms with Crippen LogP contribution in [-0.2, 0) is 9.59 Å². The Labute approximate surface area is 109 Å². The van der Waals surface area contributed by atoms with Crippen molar-refractivity contribution in [2.24, 2.45) is 11.3 Å². The number of nitrogens with one attached hydrogen (secondary N) is 1. The quantitative estimate of drug-likeness (QED) is 0.793. The molecule has 0 aromatic rings. The zero-order valence-electron chi connectivity index (χ0n) is 11.7. The van der Waals surface area contributed by atoms with E-state index in [0.717, 1.165) is 32.1 Å². The minimum Gasteiger partial charge on any atom is -0.480 e. The van der Waals surface area contributed by atoms with Crippen LogP contribution in [0, 0.1) is 11.3 Å². The molecule has 0 aliphatic heterocycles. The predicted molar refractivity (Wildman–Crippen MR) is 70.2 cm³/mol. The van der Waals surface area contributed by atoms with E-state index in [1.165, 1.54) is 0 Å². The van der Waals surface area contributed by atoms with E-state index in [2.05, 4.69) is 19.2 Å². The van der Waals surface area contributed by atoms with Crippen molar-refractivity contribution in [3.8, 4) is 0 Å². The van der Waals surface area contributed by atoms with Gasteiger partial charge in [-0.15, -0.1) is 0 Å². The van der Waals surface area contributed by atoms with Crippen LogP contribution in [0.5, 0.6) is 0 Å². The second-order valence-electron chi connectivity index (χ2n) is 5.98. The maximum Gasteiger partial charge on any atom is 0.326 e. The summed E-state index contributed by atoms with van der Waals surface area (Å²) in [6.07, 6.45) is 5.38. The summed E-state index contributed by atoms with van der Waals surface area (Å²) in [5.74, 6) is -1.07. The Bertz CT molecular complexity index is 312. The van der Waals surface area contributed by atoms with Crippen LogP contribution < -0.4 is 5.32 Å². The van der Waals surface area contributed by atoms with Gasteiger partial charge in [0.25, 0.3) is 0 Å². The first-order valence-electron chi connectivity index (χ1n) is 6.91. The summed E-state index contributed by atoms with van der Waals surface area (Å²) in [4.78, 5) is 23.3. The zero-order chi connectivity index (χ0) is 13.8. The topological polar surface area (TPSA) is 66.4 Å². The van der Waals surface area contributed by atoms with Gasteiger partial charge in [0, 0.05) is 5.92 Å². The highest BCUT2D eigenvalue weighted by Gasteiger charge is 2.38. The van der Waals surface area contributed by atoms with Crippen molar-refractivity contribution in [2.45, 2.75) is 65.3 Å². The molecule has 4 nitrogen and oxygen atoms in total. The maximum atomic E-state index is 12.2. The fourth-order valence-corrected chi connectivity index (χ4v) is 2.80. The van der Waals surface area contributed by atoms with Crippen LogP contribution in [0.1, 0.15) is 59.3 Å². The van der Waals surface area contributed by atoms with E-state index in [9.17, 15) is 9.59 Å². The van der Waals surface area contributed by atoms with E-state index in [0.29, 0.717) is 6.42 Å². The van der Waals surface area contributed by atoms with E-state index in [1.54, 1.807) is 0 Å². The third kappa shape index (κ3) is 3.72. The first-order chi connectivity index (χ1) is 8.38. The summed E-state index contributed by atoms with van der Waals surface area (Å²) in [5.41, 5.74) is -0.0163. The smallest absolute Gasteiger partial charge is 0.326 e. The molecule has 0 bridgehead atoms. The first-order valence-corrected chi connectivity index (χ1v) is 6.91. The summed E-state index contributed by atoms with van der Waals surface area (Å²) in [5, 5.41) is 11.8. The third-order valence-corrected chi connectivity index (χ3v) is 4.02. The van der Waals surface area contributed by atoms with Crippen molar-refractivity contribution < 1.29 is 14.7 Å². The molecule has 0 spiro atoms. The molecular formula is C14H25NO3. The fraction of sp³-hybridized carbons (Fsp3) is 0.857. The Morgan fingerprint density at radius 1 is 1.39 bits per heavy atom. The zero-order valence-corrected chi connectivity index (χ0v) is 11.7. The molecule has 18 heavy (non-hydrogen) atoms. The van der Waals surface area contributed by atoms with Crippen molar-refractivity contribution in [3.63, 3.8) is 0 Å². The lowest BCUT2D eigenvalue weighted by atomic mass is 9.68. The Morgan fingerprint density at radius 3 is 2.56 bits per heavy atom. The lowest BCUT2D eigenvalue weighted by molar-refractivity contribution is -0.144. The minimum atomic E-state index is -0.932. The summed E-state index contributed by atoms with van der Waals surface area (Å²) in [7, 11) is 0. The Morgan fingerprint density at radius 2 is 2.06 bits per heavy atom. The normalized spacial score (nSPS) is 24.3. The van der Waals surface area contributed by atoms with Crippen molar-refractivity contribution in [2.75, 3.05) is 0 Å². The van der Waals surface area contributed by atoms with Crippen LogP contribution in [0.25, 0.3) is 0 Å². The molecule has 0 saturated heterocycles. The van der Waals surface area contributed by atoms with Gasteiger partial charge in [0.1, 0.15) is 6.04 Å². The molecule has 0 radical (unpaired) electrons. The van der Waals surface area contributed by atoms with Crippen LogP contribution >= 0.6 is 0 Å². The Kier molecular flexibility index (Phi) is 5.17. The largest absolute Gasteiger partial charge is 0.480 e. The monoisotopic (exact) mass is 255 g/mol. The average Bonchev–Trinajstić information content (AvgIpc) is 2.27. The number of carbonyl (C=O) groups excluding carboxylic acids is 1. The Balaban J connectivity index is 2.65. The van der Waals surface area contributed by atoms with Gasteiger partial charge in [-0.3, -0.25) is 4.79 Å². The van der Waals surface area contributed by atoms with Crippen LogP contribution in [0.3, 0.4) is 0 Å². The Hall–Kier alpha value is -1.06. The fourth-order valence-electron chi connectivity index (χ4n) is 2.80. The number of rotatable bonds is 5. The van der Waals surface area contributed by atoms with E-state index in [-0.39, 0.29) is 17.2 Å². The van der Waals surface area contributed by atoms with E-state index in [4.69, 9.17) is 5.11 Å². The highest BCUT2D eigenvalue weighted by atomic mass is 16.4. The van der Waals surface area contributed by atoms with E-state index < -0.39 is 12.0 Å². The van der Waals surface area contributed by atoms with Crippen molar-refractivity contribution in [1.82, 2.24) is 5.32 Å². The molecule has 0 aromatic carbocycles. The molecule has 2 N–H and O–H groups in total. The molecule has 104 valence electrons. The SMILES string of the molecule is CCC[C@H](NC(=O)C1CCCCC1(C)C)C(=O)O. The van der Waals surface area contributed by atoms with Gasteiger partial charge in [0.2, 0.25) is 5.91 Å². The van der Waals surface area contributed by atoms with Gasteiger partial charge in [-0.1, -0.05) is 40.0 Å². The van der Waals surface area contributed by atoms with Gasteiger partial charge in [0.15, 0.2) is 0 Å². The molecule has 0 aromatic heterocycles. The molecule has 1 aliphatic carbocycles. The third-order valence-electron chi connectivity index (χ3n) is 4.02. The number of carboxylic acids is 1. The second-order valence-corrected chi connectivity index (χ2v) is 5.98. The highest BCUT2D eigenvalue weighted by Crippen LogP contribution is 2.40. The van der Waals surface area contributed by atoms with E-state index >= 15 is 0 Å². The lowest BCUT2D eigenvalue weighted by Crippen LogP contribution is -2.47. The van der Waals surface area contributed by atoms with Crippen molar-refractivity contribution in [1.29, 1.82) is 0 Å². The molecule has 1 rings (SSSR count). The summed E-state index contributed by atoms with van der Waals surface area (Å²) >= 11 is 0. The standard InChI is InChI=1S/C14H25NO3/c1-4-7-11(13(17)18)15-12(16)10-8-5-6-9-14(10,2)3/h10-11H,4-9H2,1-3H3,(H,15,16)(H,17,18)/t10?,11-/m0/s1. The van der Waals surface area contributed by atoms with Gasteiger partial charge in [-0.2, -0.15) is 0 Å².